The lowest BCUT2D eigenvalue weighted by atomic mass is 10.3. The standard InChI is InChI=1S/C8H15NO4/c1-7(10)3-4-9-8(11)13-6-5-12-2/h3-6H2,1-2H3,(H,9,11). The molecule has 0 aliphatic carbocycles. The van der Waals surface area contributed by atoms with Gasteiger partial charge in [0.1, 0.15) is 12.4 Å². The van der Waals surface area contributed by atoms with Crippen LogP contribution in [0.15, 0.2) is 0 Å². The monoisotopic (exact) mass is 189 g/mol. The van der Waals surface area contributed by atoms with E-state index < -0.39 is 6.09 Å². The van der Waals surface area contributed by atoms with Crippen molar-refractivity contribution >= 4 is 11.9 Å². The lowest BCUT2D eigenvalue weighted by Crippen LogP contribution is -2.27. The Morgan fingerprint density at radius 3 is 2.54 bits per heavy atom. The zero-order valence-corrected chi connectivity index (χ0v) is 7.96. The highest BCUT2D eigenvalue weighted by atomic mass is 16.6. The van der Waals surface area contributed by atoms with Gasteiger partial charge in [0.15, 0.2) is 0 Å². The van der Waals surface area contributed by atoms with Crippen LogP contribution in [0.5, 0.6) is 0 Å². The molecule has 0 aromatic rings. The SMILES string of the molecule is COCCOC(=O)NCCC(C)=O. The molecule has 0 rings (SSSR count). The summed E-state index contributed by atoms with van der Waals surface area (Å²) in [5, 5.41) is 2.44. The largest absolute Gasteiger partial charge is 0.447 e. The Hall–Kier alpha value is -1.10. The van der Waals surface area contributed by atoms with Crippen LogP contribution < -0.4 is 5.32 Å². The van der Waals surface area contributed by atoms with Gasteiger partial charge in [-0.3, -0.25) is 4.79 Å². The number of carbonyl (C=O) groups excluding carboxylic acids is 2. The number of ether oxygens (including phenoxy) is 2. The molecule has 5 heteroatoms. The number of methoxy groups -OCH3 is 1. The average molecular weight is 189 g/mol. The maximum Gasteiger partial charge on any atom is 0.407 e. The molecule has 0 aliphatic rings. The Morgan fingerprint density at radius 2 is 2.00 bits per heavy atom. The molecule has 1 N–H and O–H groups in total. The third kappa shape index (κ3) is 8.81. The number of hydrogen-bond donors (Lipinski definition) is 1. The van der Waals surface area contributed by atoms with E-state index in [-0.39, 0.29) is 12.4 Å². The Labute approximate surface area is 77.4 Å². The maximum absolute atomic E-state index is 10.8. The summed E-state index contributed by atoms with van der Waals surface area (Å²) in [5.41, 5.74) is 0. The molecule has 0 bridgehead atoms. The van der Waals surface area contributed by atoms with Crippen molar-refractivity contribution in [2.45, 2.75) is 13.3 Å². The van der Waals surface area contributed by atoms with Gasteiger partial charge in [0.25, 0.3) is 0 Å². The maximum atomic E-state index is 10.8. The predicted octanol–water partition coefficient (Wildman–Crippen LogP) is 0.338. The summed E-state index contributed by atoms with van der Waals surface area (Å²) in [6.45, 7) is 2.39. The second kappa shape index (κ2) is 7.54. The van der Waals surface area contributed by atoms with Crippen molar-refractivity contribution in [2.24, 2.45) is 0 Å². The summed E-state index contributed by atoms with van der Waals surface area (Å²) < 4.78 is 9.35. The van der Waals surface area contributed by atoms with Crippen LogP contribution in [-0.4, -0.2) is 38.7 Å². The van der Waals surface area contributed by atoms with Crippen molar-refractivity contribution in [2.75, 3.05) is 26.9 Å². The Bertz CT molecular complexity index is 170. The van der Waals surface area contributed by atoms with E-state index in [0.29, 0.717) is 19.6 Å². The van der Waals surface area contributed by atoms with Crippen LogP contribution in [0.4, 0.5) is 4.79 Å². The second-order valence-electron chi connectivity index (χ2n) is 2.51. The summed E-state index contributed by atoms with van der Waals surface area (Å²) in [4.78, 5) is 21.3. The van der Waals surface area contributed by atoms with Crippen LogP contribution >= 0.6 is 0 Å². The summed E-state index contributed by atoms with van der Waals surface area (Å²) >= 11 is 0. The van der Waals surface area contributed by atoms with Gasteiger partial charge in [0, 0.05) is 20.1 Å². The summed E-state index contributed by atoms with van der Waals surface area (Å²) in [7, 11) is 1.52. The van der Waals surface area contributed by atoms with Gasteiger partial charge in [-0.2, -0.15) is 0 Å². The van der Waals surface area contributed by atoms with Crippen molar-refractivity contribution in [3.05, 3.63) is 0 Å². The molecule has 0 fully saturated rings. The zero-order valence-electron chi connectivity index (χ0n) is 7.96. The second-order valence-corrected chi connectivity index (χ2v) is 2.51. The molecule has 5 nitrogen and oxygen atoms in total. The zero-order chi connectivity index (χ0) is 10.1. The number of rotatable bonds is 6. The van der Waals surface area contributed by atoms with Crippen LogP contribution in [0.2, 0.25) is 0 Å². The van der Waals surface area contributed by atoms with E-state index in [1.165, 1.54) is 14.0 Å². The fourth-order valence-electron chi connectivity index (χ4n) is 0.609. The molecular weight excluding hydrogens is 174 g/mol. The van der Waals surface area contributed by atoms with Crippen molar-refractivity contribution in [3.8, 4) is 0 Å². The van der Waals surface area contributed by atoms with Crippen LogP contribution in [0, 0.1) is 0 Å². The van der Waals surface area contributed by atoms with E-state index >= 15 is 0 Å². The van der Waals surface area contributed by atoms with Gasteiger partial charge in [-0.15, -0.1) is 0 Å². The molecule has 0 atom stereocenters. The topological polar surface area (TPSA) is 64.6 Å². The van der Waals surface area contributed by atoms with Gasteiger partial charge in [-0.05, 0) is 6.92 Å². The molecular formula is C8H15NO4. The van der Waals surface area contributed by atoms with Gasteiger partial charge in [0.2, 0.25) is 0 Å². The van der Waals surface area contributed by atoms with Crippen LogP contribution in [-0.2, 0) is 14.3 Å². The third-order valence-electron chi connectivity index (χ3n) is 1.27. The number of alkyl carbamates (subject to hydrolysis) is 1. The number of hydrogen-bond acceptors (Lipinski definition) is 4. The van der Waals surface area contributed by atoms with Crippen molar-refractivity contribution in [1.29, 1.82) is 0 Å². The fourth-order valence-corrected chi connectivity index (χ4v) is 0.609. The van der Waals surface area contributed by atoms with Crippen LogP contribution in [0.1, 0.15) is 13.3 Å². The molecule has 76 valence electrons. The van der Waals surface area contributed by atoms with E-state index in [2.05, 4.69) is 14.8 Å². The first-order chi connectivity index (χ1) is 6.16. The van der Waals surface area contributed by atoms with E-state index in [1.54, 1.807) is 0 Å². The Balaban J connectivity index is 3.25. The molecule has 0 saturated carbocycles. The summed E-state index contributed by atoms with van der Waals surface area (Å²) in [6.07, 6.45) is -0.183. The normalized spacial score (nSPS) is 9.38. The van der Waals surface area contributed by atoms with Crippen molar-refractivity contribution < 1.29 is 19.1 Å². The van der Waals surface area contributed by atoms with Crippen molar-refractivity contribution in [3.63, 3.8) is 0 Å². The minimum Gasteiger partial charge on any atom is -0.447 e. The summed E-state index contributed by atoms with van der Waals surface area (Å²) in [5.74, 6) is 0.0391. The highest BCUT2D eigenvalue weighted by molar-refractivity contribution is 5.76. The molecule has 0 aliphatic heterocycles. The molecule has 0 aromatic carbocycles. The molecule has 0 unspecified atom stereocenters. The lowest BCUT2D eigenvalue weighted by Gasteiger charge is -2.04. The lowest BCUT2D eigenvalue weighted by molar-refractivity contribution is -0.116. The fraction of sp³-hybridized carbons (Fsp3) is 0.750. The molecule has 0 aromatic heterocycles. The molecule has 13 heavy (non-hydrogen) atoms. The number of ketones is 1. The predicted molar refractivity (Wildman–Crippen MR) is 46.5 cm³/mol. The third-order valence-corrected chi connectivity index (χ3v) is 1.27. The van der Waals surface area contributed by atoms with Gasteiger partial charge in [-0.1, -0.05) is 0 Å². The number of nitrogens with one attached hydrogen (secondary N) is 1. The Kier molecular flexibility index (Phi) is 6.91. The van der Waals surface area contributed by atoms with Gasteiger partial charge in [0.05, 0.1) is 6.61 Å². The van der Waals surface area contributed by atoms with E-state index in [0.717, 1.165) is 0 Å². The van der Waals surface area contributed by atoms with Gasteiger partial charge < -0.3 is 14.8 Å². The van der Waals surface area contributed by atoms with Crippen LogP contribution in [0.3, 0.4) is 0 Å². The number of carbonyl (C=O) groups is 2. The number of amides is 1. The molecule has 0 radical (unpaired) electrons. The minimum atomic E-state index is -0.515. The quantitative estimate of drug-likeness (QED) is 0.612. The van der Waals surface area contributed by atoms with E-state index in [1.807, 2.05) is 0 Å². The molecule has 0 spiro atoms. The smallest absolute Gasteiger partial charge is 0.407 e. The van der Waals surface area contributed by atoms with Gasteiger partial charge in [-0.25, -0.2) is 4.79 Å². The first-order valence-corrected chi connectivity index (χ1v) is 4.06. The molecule has 0 heterocycles. The van der Waals surface area contributed by atoms with Gasteiger partial charge >= 0.3 is 6.09 Å². The first kappa shape index (κ1) is 11.9. The minimum absolute atomic E-state index is 0.0391. The average Bonchev–Trinajstić information content (AvgIpc) is 2.04. The van der Waals surface area contributed by atoms with Crippen molar-refractivity contribution in [1.82, 2.24) is 5.32 Å². The summed E-state index contributed by atoms with van der Waals surface area (Å²) in [6, 6.07) is 0. The number of Topliss-reactive ketones (excluding diaryl/α,β-unsaturated/α-hetero) is 1. The molecule has 1 amide bonds. The Morgan fingerprint density at radius 1 is 1.31 bits per heavy atom. The van der Waals surface area contributed by atoms with Crippen LogP contribution in [0.25, 0.3) is 0 Å². The highest BCUT2D eigenvalue weighted by Crippen LogP contribution is 1.81. The molecule has 0 saturated heterocycles. The highest BCUT2D eigenvalue weighted by Gasteiger charge is 2.00. The van der Waals surface area contributed by atoms with E-state index in [9.17, 15) is 9.59 Å². The first-order valence-electron chi connectivity index (χ1n) is 4.06. The van der Waals surface area contributed by atoms with E-state index in [4.69, 9.17) is 0 Å².